The van der Waals surface area contributed by atoms with Crippen LogP contribution in [0.2, 0.25) is 0 Å². The summed E-state index contributed by atoms with van der Waals surface area (Å²) in [5, 5.41) is 13.5. The number of carbonyl (C=O) groups excluding carboxylic acids is 5. The second-order valence-corrected chi connectivity index (χ2v) is 31.8. The van der Waals surface area contributed by atoms with Crippen LogP contribution in [0.15, 0.2) is 72.8 Å². The van der Waals surface area contributed by atoms with Crippen LogP contribution in [0.3, 0.4) is 0 Å². The van der Waals surface area contributed by atoms with Gasteiger partial charge in [0.25, 0.3) is 0 Å². The maximum absolute atomic E-state index is 15.0. The minimum absolute atomic E-state index is 0.0604. The number of rotatable bonds is 16. The Bertz CT molecular complexity index is 2930. The van der Waals surface area contributed by atoms with E-state index in [1.165, 1.54) is 15.4 Å². The lowest BCUT2D eigenvalue weighted by Crippen LogP contribution is -2.58. The third kappa shape index (κ3) is 15.1. The molecule has 2 aliphatic carbocycles. The molecular weight excluding hydrogens is 1210 g/mol. The fraction of sp³-hybridized carbons (Fsp3) is 0.606. The molecule has 0 saturated carbocycles. The number of fused-ring (bicyclic) bond motifs is 4. The molecule has 3 aromatic rings. The fourth-order valence-electron chi connectivity index (χ4n) is 13.0. The molecule has 0 bridgehead atoms. The van der Waals surface area contributed by atoms with Gasteiger partial charge in [-0.2, -0.15) is 0 Å². The largest absolute Gasteiger partial charge is 0.444 e. The maximum atomic E-state index is 15.0. The number of hydrogen-bond acceptors (Lipinski definition) is 14. The second-order valence-electron chi connectivity index (χ2n) is 27.9. The molecule has 9 rings (SSSR count). The highest BCUT2D eigenvalue weighted by atomic mass is 32.2. The summed E-state index contributed by atoms with van der Waals surface area (Å²) in [7, 11) is 3.28. The molecule has 5 amide bonds. The molecule has 4 heterocycles. The van der Waals surface area contributed by atoms with Crippen LogP contribution in [0.1, 0.15) is 154 Å². The summed E-state index contributed by atoms with van der Waals surface area (Å²) in [6.45, 7) is 23.7. The van der Waals surface area contributed by atoms with E-state index in [-0.39, 0.29) is 52.1 Å². The van der Waals surface area contributed by atoms with E-state index in [1.54, 1.807) is 49.4 Å². The maximum Gasteiger partial charge on any atom is 0.410 e. The highest BCUT2D eigenvalue weighted by molar-refractivity contribution is 8.00. The zero-order valence-electron chi connectivity index (χ0n) is 53.4. The molecule has 88 heavy (non-hydrogen) atoms. The Kier molecular flexibility index (Phi) is 20.6. The number of nitrogens with zero attached hydrogens (tertiary/aromatic N) is 4. The number of ether oxygens (including phenoxy) is 4. The summed E-state index contributed by atoms with van der Waals surface area (Å²) in [5.41, 5.74) is 4.14. The average molecular weight is 1300 g/mol. The van der Waals surface area contributed by atoms with E-state index < -0.39 is 71.1 Å². The monoisotopic (exact) mass is 1300 g/mol. The predicted molar refractivity (Wildman–Crippen MR) is 359 cm³/mol. The van der Waals surface area contributed by atoms with Crippen molar-refractivity contribution in [3.8, 4) is 0 Å². The van der Waals surface area contributed by atoms with Crippen LogP contribution >= 0.6 is 60.2 Å². The fourth-order valence-corrected chi connectivity index (χ4v) is 17.3. The van der Waals surface area contributed by atoms with Gasteiger partial charge in [0.15, 0.2) is 0 Å². The van der Waals surface area contributed by atoms with E-state index in [2.05, 4.69) is 91.4 Å². The summed E-state index contributed by atoms with van der Waals surface area (Å²) in [6, 6.07) is 20.5. The Morgan fingerprint density at radius 1 is 0.602 bits per heavy atom. The number of benzene rings is 3. The van der Waals surface area contributed by atoms with Gasteiger partial charge in [-0.25, -0.2) is 9.59 Å². The number of likely N-dealkylation sites (N-methyl/N-ethyl adjacent to an activating group) is 2. The van der Waals surface area contributed by atoms with E-state index in [4.69, 9.17) is 55.6 Å². The molecule has 4 aliphatic heterocycles. The first-order valence-corrected chi connectivity index (χ1v) is 34.1. The molecule has 17 nitrogen and oxygen atoms in total. The van der Waals surface area contributed by atoms with Gasteiger partial charge in [0.05, 0.1) is 81.3 Å². The molecule has 3 aromatic carbocycles. The standard InChI is InChI=1S/C66H90N8O9S5/c1-37(71(13)61(78)82-63(3,4)5)56(84)67-45-27-29-87-49-33-65(9,10)53(73(49)59(45)76)55(75)69-51-43-21-17-15-19-41(43)31-47(51)80-35-39-23-25-40(26-24-39)36-81-48-32-42-20-16-18-22-44(42)52(48)70-58(86)54-66(11,12)34-50-74(54)60(77)46(28-30-88-50)68-57(85)38(2)72(14)62(79)83-64(6,7)8/h15-26,37-38,45-54H,27-36H2,1-14H3,(H,67,84)(H,68,85)(H,69,75)(H,70,86)/t37-,38-,45-,46-,47+,48+,49-,50-,51-,52-,53+,54+/m0/s1. The number of amides is 5. The summed E-state index contributed by atoms with van der Waals surface area (Å²) < 4.78 is 24.8. The van der Waals surface area contributed by atoms with Crippen molar-refractivity contribution in [3.05, 3.63) is 106 Å². The number of hydrogen-bond donors (Lipinski definition) is 4. The van der Waals surface area contributed by atoms with Gasteiger partial charge in [-0.05, 0) is 137 Å². The first-order chi connectivity index (χ1) is 41.3. The van der Waals surface area contributed by atoms with E-state index in [0.717, 1.165) is 40.0 Å². The Labute approximate surface area is 545 Å². The van der Waals surface area contributed by atoms with Gasteiger partial charge in [0, 0.05) is 26.9 Å². The molecule has 12 atom stereocenters. The number of carbonyl (C=O) groups is 5. The van der Waals surface area contributed by atoms with Gasteiger partial charge in [-0.15, -0.1) is 23.5 Å². The second kappa shape index (κ2) is 27.0. The normalized spacial score (nSPS) is 26.8. The Morgan fingerprint density at radius 2 is 0.989 bits per heavy atom. The number of nitrogens with one attached hydrogen (secondary N) is 4. The van der Waals surface area contributed by atoms with Gasteiger partial charge in [-0.1, -0.05) is 137 Å². The molecule has 4 fully saturated rings. The van der Waals surface area contributed by atoms with Crippen molar-refractivity contribution in [2.75, 3.05) is 25.6 Å². The van der Waals surface area contributed by atoms with E-state index in [1.807, 2.05) is 83.7 Å². The predicted octanol–water partition coefficient (Wildman–Crippen LogP) is 10.3. The van der Waals surface area contributed by atoms with E-state index >= 15 is 0 Å². The van der Waals surface area contributed by atoms with Crippen LogP contribution < -0.4 is 21.3 Å². The van der Waals surface area contributed by atoms with Crippen molar-refractivity contribution in [3.63, 3.8) is 0 Å². The quantitative estimate of drug-likeness (QED) is 0.0993. The molecule has 22 heteroatoms. The number of thioether (sulfide) groups is 2. The highest BCUT2D eigenvalue weighted by Gasteiger charge is 2.56. The average Bonchev–Trinajstić information content (AvgIpc) is 2.25. The van der Waals surface area contributed by atoms with Crippen LogP contribution in [0.5, 0.6) is 0 Å². The van der Waals surface area contributed by atoms with Crippen LogP contribution in [0.25, 0.3) is 0 Å². The lowest BCUT2D eigenvalue weighted by Gasteiger charge is -2.37. The smallest absolute Gasteiger partial charge is 0.410 e. The minimum Gasteiger partial charge on any atom is -0.444 e. The Hall–Kier alpha value is -5.10. The Balaban J connectivity index is 0.826. The molecule has 0 unspecified atom stereocenters. The summed E-state index contributed by atoms with van der Waals surface area (Å²) in [5.74, 6) is 0.974. The number of thiocarbonyl (C=S) groups is 3. The third-order valence-electron chi connectivity index (χ3n) is 17.9. The van der Waals surface area contributed by atoms with Crippen LogP contribution in [0.4, 0.5) is 9.59 Å². The zero-order valence-corrected chi connectivity index (χ0v) is 57.5. The highest BCUT2D eigenvalue weighted by Crippen LogP contribution is 2.49. The molecule has 478 valence electrons. The molecule has 0 radical (unpaired) electrons. The topological polar surface area (TPSA) is 183 Å². The van der Waals surface area contributed by atoms with Crippen LogP contribution in [0, 0.1) is 10.8 Å². The van der Waals surface area contributed by atoms with Crippen molar-refractivity contribution < 1.29 is 42.9 Å². The van der Waals surface area contributed by atoms with Crippen molar-refractivity contribution in [1.29, 1.82) is 0 Å². The van der Waals surface area contributed by atoms with Crippen LogP contribution in [-0.4, -0.2) is 160 Å². The summed E-state index contributed by atoms with van der Waals surface area (Å²) >= 11 is 21.5. The van der Waals surface area contributed by atoms with Crippen molar-refractivity contribution in [2.24, 2.45) is 10.8 Å². The van der Waals surface area contributed by atoms with E-state index in [9.17, 15) is 24.0 Å². The van der Waals surface area contributed by atoms with Gasteiger partial charge in [0.2, 0.25) is 17.7 Å². The zero-order chi connectivity index (χ0) is 63.9. The molecule has 6 aliphatic rings. The molecule has 0 spiro atoms. The molecule has 0 aromatic heterocycles. The first-order valence-electron chi connectivity index (χ1n) is 30.8. The molecule has 4 N–H and O–H groups in total. The summed E-state index contributed by atoms with van der Waals surface area (Å²) in [4.78, 5) is 78.4. The van der Waals surface area contributed by atoms with E-state index in [0.29, 0.717) is 66.0 Å². The third-order valence-corrected chi connectivity index (χ3v) is 21.7. The lowest BCUT2D eigenvalue weighted by atomic mass is 9.83. The molecular formula is C66H90N8O9S5. The van der Waals surface area contributed by atoms with Crippen molar-refractivity contribution >= 4 is 105 Å². The van der Waals surface area contributed by atoms with Gasteiger partial charge in [0.1, 0.15) is 29.3 Å². The van der Waals surface area contributed by atoms with Gasteiger partial charge < -0.3 is 59.8 Å². The van der Waals surface area contributed by atoms with Crippen LogP contribution in [-0.2, 0) is 59.4 Å². The molecule has 4 saturated heterocycles. The lowest BCUT2D eigenvalue weighted by molar-refractivity contribution is -0.143. The van der Waals surface area contributed by atoms with Crippen molar-refractivity contribution in [1.82, 2.24) is 40.9 Å². The Morgan fingerprint density at radius 3 is 1.41 bits per heavy atom. The van der Waals surface area contributed by atoms with Gasteiger partial charge >= 0.3 is 12.2 Å². The SMILES string of the molecule is C[C@@H](C(=S)N[C@H]1CCS[C@H]2CC(C)(C)[C@@H](C(=O)N[C@H]3c4ccccc4C[C@H]3OCc3ccc(CO[C@@H]4Cc5ccccc5[C@@H]4NC(=S)[C@H]4N5C(=O)[C@@H](NC(=S)[C@H](C)N(C)C(=O)OC(C)(C)C)CCS[C@H]5CC4(C)C)cc3)N2C1=O)N(C)C(=O)OC(C)(C)C. The van der Waals surface area contributed by atoms with Gasteiger partial charge in [-0.3, -0.25) is 14.4 Å². The summed E-state index contributed by atoms with van der Waals surface area (Å²) in [6.07, 6.45) is 2.19. The minimum atomic E-state index is -0.754. The first kappa shape index (κ1) is 67.3. The van der Waals surface area contributed by atoms with Crippen molar-refractivity contribution in [2.45, 2.75) is 217 Å².